The van der Waals surface area contributed by atoms with Crippen LogP contribution in [0.25, 0.3) is 0 Å². The maximum Gasteiger partial charge on any atom is 0.233 e. The van der Waals surface area contributed by atoms with Gasteiger partial charge in [-0.15, -0.1) is 0 Å². The van der Waals surface area contributed by atoms with Crippen LogP contribution in [0.5, 0.6) is 0 Å². The second kappa shape index (κ2) is 11.6. The smallest absolute Gasteiger partial charge is 0.233 e. The first-order valence-electron chi connectivity index (χ1n) is 11.2. The van der Waals surface area contributed by atoms with Crippen molar-refractivity contribution in [2.75, 3.05) is 32.7 Å². The Balaban J connectivity index is 1.70. The second-order valence-corrected chi connectivity index (χ2v) is 8.15. The number of hydroxylamine groups is 2. The lowest BCUT2D eigenvalue weighted by molar-refractivity contribution is -0.157. The average molecular weight is 424 g/mol. The number of benzene rings is 2. The SMILES string of the molecule is CCCC[C@H](CN(O)C=O)C(=O)N1CCN(C(c2ccccc2)c2ccccc2)CC1. The molecule has 0 aliphatic carbocycles. The highest BCUT2D eigenvalue weighted by Gasteiger charge is 2.31. The first-order chi connectivity index (χ1) is 15.1. The summed E-state index contributed by atoms with van der Waals surface area (Å²) in [6, 6.07) is 21.1. The molecule has 0 saturated carbocycles. The summed E-state index contributed by atoms with van der Waals surface area (Å²) in [6.07, 6.45) is 2.92. The number of carbonyl (C=O) groups excluding carboxylic acids is 2. The van der Waals surface area contributed by atoms with Gasteiger partial charge in [0.25, 0.3) is 0 Å². The molecule has 1 aliphatic rings. The molecule has 1 aliphatic heterocycles. The molecule has 2 aromatic carbocycles. The monoisotopic (exact) mass is 423 g/mol. The van der Waals surface area contributed by atoms with Crippen LogP contribution in [-0.4, -0.2) is 65.1 Å². The Morgan fingerprint density at radius 1 is 1.00 bits per heavy atom. The fraction of sp³-hybridized carbons (Fsp3) is 0.440. The van der Waals surface area contributed by atoms with Crippen molar-refractivity contribution in [3.63, 3.8) is 0 Å². The fourth-order valence-electron chi connectivity index (χ4n) is 4.36. The summed E-state index contributed by atoms with van der Waals surface area (Å²) < 4.78 is 0. The molecule has 1 N–H and O–H groups in total. The molecule has 6 nitrogen and oxygen atoms in total. The van der Waals surface area contributed by atoms with Gasteiger partial charge < -0.3 is 4.90 Å². The predicted octanol–water partition coefficient (Wildman–Crippen LogP) is 3.57. The van der Waals surface area contributed by atoms with Gasteiger partial charge in [0.1, 0.15) is 0 Å². The van der Waals surface area contributed by atoms with Crippen LogP contribution in [0.3, 0.4) is 0 Å². The minimum Gasteiger partial charge on any atom is -0.340 e. The molecule has 1 fully saturated rings. The maximum absolute atomic E-state index is 13.1. The molecular formula is C25H33N3O3. The van der Waals surface area contributed by atoms with E-state index in [1.54, 1.807) is 0 Å². The molecule has 31 heavy (non-hydrogen) atoms. The van der Waals surface area contributed by atoms with Crippen LogP contribution in [0.4, 0.5) is 0 Å². The number of hydrogen-bond donors (Lipinski definition) is 1. The number of nitrogens with zero attached hydrogens (tertiary/aromatic N) is 3. The number of rotatable bonds is 10. The Morgan fingerprint density at radius 3 is 2.03 bits per heavy atom. The van der Waals surface area contributed by atoms with Gasteiger partial charge in [0.05, 0.1) is 18.5 Å². The van der Waals surface area contributed by atoms with E-state index in [0.717, 1.165) is 25.9 Å². The van der Waals surface area contributed by atoms with Gasteiger partial charge in [0, 0.05) is 26.2 Å². The van der Waals surface area contributed by atoms with Gasteiger partial charge in [-0.2, -0.15) is 0 Å². The molecule has 0 bridgehead atoms. The number of hydrogen-bond acceptors (Lipinski definition) is 4. The molecule has 0 aromatic heterocycles. The maximum atomic E-state index is 13.1. The highest BCUT2D eigenvalue weighted by molar-refractivity contribution is 5.79. The zero-order valence-electron chi connectivity index (χ0n) is 18.3. The minimum atomic E-state index is -0.360. The molecule has 166 valence electrons. The number of carbonyl (C=O) groups is 2. The first-order valence-corrected chi connectivity index (χ1v) is 11.2. The Kier molecular flexibility index (Phi) is 8.62. The summed E-state index contributed by atoms with van der Waals surface area (Å²) in [5.41, 5.74) is 2.49. The topological polar surface area (TPSA) is 64.1 Å². The van der Waals surface area contributed by atoms with E-state index in [2.05, 4.69) is 60.4 Å². The minimum absolute atomic E-state index is 0.0324. The highest BCUT2D eigenvalue weighted by Crippen LogP contribution is 2.29. The van der Waals surface area contributed by atoms with Crippen LogP contribution >= 0.6 is 0 Å². The van der Waals surface area contributed by atoms with Gasteiger partial charge in [0.15, 0.2) is 0 Å². The molecule has 1 heterocycles. The summed E-state index contributed by atoms with van der Waals surface area (Å²) in [5.74, 6) is -0.328. The standard InChI is InChI=1S/C25H33N3O3/c1-2-3-10-23(19-28(31)20-29)25(30)27-17-15-26(16-18-27)24(21-11-6-4-7-12-21)22-13-8-5-9-14-22/h4-9,11-14,20,23-24,31H,2-3,10,15-19H2,1H3/t23-/m1/s1. The molecule has 2 aromatic rings. The molecular weight excluding hydrogens is 390 g/mol. The fourth-order valence-corrected chi connectivity index (χ4v) is 4.36. The number of amides is 2. The van der Waals surface area contributed by atoms with E-state index >= 15 is 0 Å². The third-order valence-electron chi connectivity index (χ3n) is 6.01. The van der Waals surface area contributed by atoms with Crippen LogP contribution in [-0.2, 0) is 9.59 Å². The summed E-state index contributed by atoms with van der Waals surface area (Å²) in [7, 11) is 0. The van der Waals surface area contributed by atoms with Crippen LogP contribution in [0.2, 0.25) is 0 Å². The van der Waals surface area contributed by atoms with E-state index in [1.165, 1.54) is 11.1 Å². The highest BCUT2D eigenvalue weighted by atomic mass is 16.5. The van der Waals surface area contributed by atoms with Gasteiger partial charge in [-0.05, 0) is 17.5 Å². The molecule has 1 atom stereocenters. The van der Waals surface area contributed by atoms with Gasteiger partial charge >= 0.3 is 0 Å². The lowest BCUT2D eigenvalue weighted by atomic mass is 9.96. The van der Waals surface area contributed by atoms with Crippen molar-refractivity contribution in [3.8, 4) is 0 Å². The molecule has 3 rings (SSSR count). The lowest BCUT2D eigenvalue weighted by Gasteiger charge is -2.41. The molecule has 6 heteroatoms. The lowest BCUT2D eigenvalue weighted by Crippen LogP contribution is -2.52. The number of unbranched alkanes of at least 4 members (excludes halogenated alkanes) is 1. The zero-order valence-corrected chi connectivity index (χ0v) is 18.3. The van der Waals surface area contributed by atoms with E-state index in [-0.39, 0.29) is 24.4 Å². The van der Waals surface area contributed by atoms with Gasteiger partial charge in [-0.3, -0.25) is 19.7 Å². The molecule has 0 spiro atoms. The van der Waals surface area contributed by atoms with Crippen LogP contribution in [0, 0.1) is 5.92 Å². The van der Waals surface area contributed by atoms with Gasteiger partial charge in [-0.1, -0.05) is 80.4 Å². The molecule has 1 saturated heterocycles. The van der Waals surface area contributed by atoms with Crippen LogP contribution in [0.15, 0.2) is 60.7 Å². The summed E-state index contributed by atoms with van der Waals surface area (Å²) in [4.78, 5) is 28.3. The van der Waals surface area contributed by atoms with E-state index in [1.807, 2.05) is 17.0 Å². The summed E-state index contributed by atoms with van der Waals surface area (Å²) in [5, 5.41) is 10.2. The third kappa shape index (κ3) is 6.15. The van der Waals surface area contributed by atoms with E-state index in [4.69, 9.17) is 0 Å². The Bertz CT molecular complexity index is 768. The Hall–Kier alpha value is -2.70. The van der Waals surface area contributed by atoms with Crippen molar-refractivity contribution in [1.82, 2.24) is 14.9 Å². The van der Waals surface area contributed by atoms with Crippen LogP contribution < -0.4 is 0 Å². The Labute approximate surface area is 185 Å². The van der Waals surface area contributed by atoms with Gasteiger partial charge in [-0.25, -0.2) is 5.06 Å². The van der Waals surface area contributed by atoms with Crippen molar-refractivity contribution in [3.05, 3.63) is 71.8 Å². The van der Waals surface area contributed by atoms with Crippen molar-refractivity contribution >= 4 is 12.3 Å². The van der Waals surface area contributed by atoms with E-state index in [9.17, 15) is 14.8 Å². The van der Waals surface area contributed by atoms with Crippen molar-refractivity contribution < 1.29 is 14.8 Å². The van der Waals surface area contributed by atoms with Gasteiger partial charge in [0.2, 0.25) is 12.3 Å². The molecule has 0 unspecified atom stereocenters. The van der Waals surface area contributed by atoms with Crippen molar-refractivity contribution in [1.29, 1.82) is 0 Å². The van der Waals surface area contributed by atoms with Crippen molar-refractivity contribution in [2.24, 2.45) is 5.92 Å². The van der Waals surface area contributed by atoms with Crippen LogP contribution in [0.1, 0.15) is 43.4 Å². The Morgan fingerprint density at radius 2 is 1.55 bits per heavy atom. The molecule has 2 amide bonds. The quantitative estimate of drug-likeness (QED) is 0.360. The molecule has 0 radical (unpaired) electrons. The van der Waals surface area contributed by atoms with Crippen molar-refractivity contribution in [2.45, 2.75) is 32.2 Å². The third-order valence-corrected chi connectivity index (χ3v) is 6.01. The first kappa shape index (κ1) is 23.0. The normalized spacial score (nSPS) is 15.6. The average Bonchev–Trinajstić information content (AvgIpc) is 2.83. The van der Waals surface area contributed by atoms with E-state index in [0.29, 0.717) is 31.0 Å². The number of piperazine rings is 1. The van der Waals surface area contributed by atoms with E-state index < -0.39 is 0 Å². The predicted molar refractivity (Wildman–Crippen MR) is 120 cm³/mol. The summed E-state index contributed by atoms with van der Waals surface area (Å²) in [6.45, 7) is 4.96. The second-order valence-electron chi connectivity index (χ2n) is 8.15. The summed E-state index contributed by atoms with van der Waals surface area (Å²) >= 11 is 0. The largest absolute Gasteiger partial charge is 0.340 e. The zero-order chi connectivity index (χ0) is 22.1.